The molecule has 68 valence electrons. The molecule has 0 unspecified atom stereocenters. The molecule has 0 saturated carbocycles. The van der Waals surface area contributed by atoms with E-state index in [2.05, 4.69) is 0 Å². The maximum Gasteiger partial charge on any atom is 0.177 e. The third-order valence-corrected chi connectivity index (χ3v) is 3.13. The van der Waals surface area contributed by atoms with E-state index in [1.54, 1.807) is 6.07 Å². The standard InChI is InChI=1S/C10H8ClFS/c1-2-6-3-7(11)4-9-8(6)5-10(12)13-9/h3-5H,2H2,1H3. The zero-order valence-electron chi connectivity index (χ0n) is 7.10. The molecule has 0 spiro atoms. The molecule has 0 amide bonds. The van der Waals surface area contributed by atoms with Crippen LogP contribution in [0.4, 0.5) is 4.39 Å². The summed E-state index contributed by atoms with van der Waals surface area (Å²) in [6, 6.07) is 5.29. The van der Waals surface area contributed by atoms with E-state index < -0.39 is 0 Å². The maximum absolute atomic E-state index is 12.9. The summed E-state index contributed by atoms with van der Waals surface area (Å²) in [5.74, 6) is 0. The van der Waals surface area contributed by atoms with E-state index in [9.17, 15) is 4.39 Å². The minimum atomic E-state index is -0.146. The van der Waals surface area contributed by atoms with Crippen LogP contribution < -0.4 is 0 Å². The molecule has 0 nitrogen and oxygen atoms in total. The van der Waals surface area contributed by atoms with E-state index in [-0.39, 0.29) is 5.13 Å². The summed E-state index contributed by atoms with van der Waals surface area (Å²) >= 11 is 7.04. The first-order valence-corrected chi connectivity index (χ1v) is 5.27. The second kappa shape index (κ2) is 3.28. The van der Waals surface area contributed by atoms with Crippen molar-refractivity contribution in [3.8, 4) is 0 Å². The van der Waals surface area contributed by atoms with Crippen LogP contribution >= 0.6 is 22.9 Å². The average molecular weight is 215 g/mol. The van der Waals surface area contributed by atoms with Crippen molar-refractivity contribution in [3.63, 3.8) is 0 Å². The van der Waals surface area contributed by atoms with Crippen LogP contribution in [-0.4, -0.2) is 0 Å². The molecule has 1 heterocycles. The number of halogens is 2. The molecule has 0 saturated heterocycles. The van der Waals surface area contributed by atoms with Crippen LogP contribution in [0, 0.1) is 5.13 Å². The fourth-order valence-corrected chi connectivity index (χ4v) is 2.61. The molecule has 13 heavy (non-hydrogen) atoms. The van der Waals surface area contributed by atoms with Gasteiger partial charge in [0.25, 0.3) is 0 Å². The van der Waals surface area contributed by atoms with Gasteiger partial charge in [-0.2, -0.15) is 4.39 Å². The lowest BCUT2D eigenvalue weighted by Crippen LogP contribution is -1.79. The fourth-order valence-electron chi connectivity index (χ4n) is 1.44. The second-order valence-corrected chi connectivity index (χ2v) is 4.35. The minimum Gasteiger partial charge on any atom is -0.195 e. The summed E-state index contributed by atoms with van der Waals surface area (Å²) in [6.45, 7) is 2.04. The zero-order chi connectivity index (χ0) is 9.42. The van der Waals surface area contributed by atoms with Crippen LogP contribution in [0.25, 0.3) is 10.1 Å². The lowest BCUT2D eigenvalue weighted by Gasteiger charge is -1.99. The van der Waals surface area contributed by atoms with E-state index in [4.69, 9.17) is 11.6 Å². The van der Waals surface area contributed by atoms with Crippen molar-refractivity contribution in [1.82, 2.24) is 0 Å². The van der Waals surface area contributed by atoms with Crippen molar-refractivity contribution in [1.29, 1.82) is 0 Å². The van der Waals surface area contributed by atoms with Gasteiger partial charge in [-0.1, -0.05) is 18.5 Å². The van der Waals surface area contributed by atoms with E-state index in [0.29, 0.717) is 5.02 Å². The molecule has 0 N–H and O–H groups in total. The largest absolute Gasteiger partial charge is 0.195 e. The van der Waals surface area contributed by atoms with E-state index in [0.717, 1.165) is 33.4 Å². The molecule has 2 aromatic rings. The minimum absolute atomic E-state index is 0.146. The van der Waals surface area contributed by atoms with Crippen LogP contribution in [0.1, 0.15) is 12.5 Å². The highest BCUT2D eigenvalue weighted by Crippen LogP contribution is 2.30. The normalized spacial score (nSPS) is 11.0. The SMILES string of the molecule is CCc1cc(Cl)cc2sc(F)cc12. The van der Waals surface area contributed by atoms with Gasteiger partial charge in [0.1, 0.15) is 0 Å². The van der Waals surface area contributed by atoms with Crippen molar-refractivity contribution < 1.29 is 4.39 Å². The van der Waals surface area contributed by atoms with Crippen molar-refractivity contribution in [2.75, 3.05) is 0 Å². The summed E-state index contributed by atoms with van der Waals surface area (Å²) in [4.78, 5) is 0. The van der Waals surface area contributed by atoms with Gasteiger partial charge in [-0.25, -0.2) is 0 Å². The van der Waals surface area contributed by atoms with Gasteiger partial charge in [0.05, 0.1) is 0 Å². The molecule has 1 aromatic carbocycles. The highest BCUT2D eigenvalue weighted by Gasteiger charge is 2.06. The third-order valence-electron chi connectivity index (χ3n) is 2.04. The molecular formula is C10H8ClFS. The third kappa shape index (κ3) is 1.56. The van der Waals surface area contributed by atoms with Crippen LogP contribution in [0.2, 0.25) is 5.02 Å². The summed E-state index contributed by atoms with van der Waals surface area (Å²) in [6.07, 6.45) is 0.882. The Morgan fingerprint density at radius 3 is 2.85 bits per heavy atom. The molecule has 3 heteroatoms. The molecular weight excluding hydrogens is 207 g/mol. The first kappa shape index (κ1) is 8.97. The van der Waals surface area contributed by atoms with Gasteiger partial charge < -0.3 is 0 Å². The van der Waals surface area contributed by atoms with Crippen molar-refractivity contribution in [2.45, 2.75) is 13.3 Å². The highest BCUT2D eigenvalue weighted by atomic mass is 35.5. The summed E-state index contributed by atoms with van der Waals surface area (Å²) < 4.78 is 13.9. The van der Waals surface area contributed by atoms with Crippen molar-refractivity contribution >= 4 is 33.0 Å². The molecule has 0 aliphatic heterocycles. The average Bonchev–Trinajstić information content (AvgIpc) is 2.43. The molecule has 0 bridgehead atoms. The van der Waals surface area contributed by atoms with Gasteiger partial charge in [0.15, 0.2) is 5.13 Å². The van der Waals surface area contributed by atoms with Gasteiger partial charge in [0.2, 0.25) is 0 Å². The number of rotatable bonds is 1. The fraction of sp³-hybridized carbons (Fsp3) is 0.200. The Hall–Kier alpha value is -0.600. The Balaban J connectivity index is 2.80. The number of aryl methyl sites for hydroxylation is 1. The number of thiophene rings is 1. The van der Waals surface area contributed by atoms with Crippen molar-refractivity contribution in [3.05, 3.63) is 33.9 Å². The number of hydrogen-bond donors (Lipinski definition) is 0. The highest BCUT2D eigenvalue weighted by molar-refractivity contribution is 7.17. The molecule has 0 fully saturated rings. The lowest BCUT2D eigenvalue weighted by atomic mass is 10.1. The van der Waals surface area contributed by atoms with Crippen LogP contribution in [0.5, 0.6) is 0 Å². The van der Waals surface area contributed by atoms with E-state index in [1.165, 1.54) is 0 Å². The van der Waals surface area contributed by atoms with Gasteiger partial charge in [-0.15, -0.1) is 11.3 Å². The van der Waals surface area contributed by atoms with Gasteiger partial charge in [-0.3, -0.25) is 0 Å². The van der Waals surface area contributed by atoms with Crippen LogP contribution in [0.15, 0.2) is 18.2 Å². The summed E-state index contributed by atoms with van der Waals surface area (Å²) in [5.41, 5.74) is 1.11. The first-order chi connectivity index (χ1) is 6.20. The summed E-state index contributed by atoms with van der Waals surface area (Å²) in [7, 11) is 0. The molecule has 0 radical (unpaired) electrons. The Labute approximate surface area is 85.0 Å². The molecule has 0 aliphatic carbocycles. The van der Waals surface area contributed by atoms with E-state index >= 15 is 0 Å². The Bertz CT molecular complexity index is 447. The second-order valence-electron chi connectivity index (χ2n) is 2.88. The van der Waals surface area contributed by atoms with Gasteiger partial charge >= 0.3 is 0 Å². The Morgan fingerprint density at radius 2 is 2.15 bits per heavy atom. The first-order valence-electron chi connectivity index (χ1n) is 4.08. The lowest BCUT2D eigenvalue weighted by molar-refractivity contribution is 0.658. The number of hydrogen-bond acceptors (Lipinski definition) is 1. The maximum atomic E-state index is 12.9. The smallest absolute Gasteiger partial charge is 0.177 e. The number of benzene rings is 1. The predicted molar refractivity (Wildman–Crippen MR) is 56.2 cm³/mol. The number of fused-ring (bicyclic) bond motifs is 1. The van der Waals surface area contributed by atoms with Crippen LogP contribution in [0.3, 0.4) is 0 Å². The topological polar surface area (TPSA) is 0 Å². The molecule has 1 aromatic heterocycles. The Morgan fingerprint density at radius 1 is 1.38 bits per heavy atom. The monoisotopic (exact) mass is 214 g/mol. The van der Waals surface area contributed by atoms with Crippen molar-refractivity contribution in [2.24, 2.45) is 0 Å². The van der Waals surface area contributed by atoms with Crippen LogP contribution in [-0.2, 0) is 6.42 Å². The molecule has 2 rings (SSSR count). The molecule has 0 aliphatic rings. The van der Waals surface area contributed by atoms with Gasteiger partial charge in [-0.05, 0) is 35.6 Å². The van der Waals surface area contributed by atoms with Gasteiger partial charge in [0, 0.05) is 9.72 Å². The Kier molecular flexibility index (Phi) is 2.26. The predicted octanol–water partition coefficient (Wildman–Crippen LogP) is 4.26. The quantitative estimate of drug-likeness (QED) is 0.666. The van der Waals surface area contributed by atoms with E-state index in [1.807, 2.05) is 19.1 Å². The summed E-state index contributed by atoms with van der Waals surface area (Å²) in [5, 5.41) is 1.53. The molecule has 0 atom stereocenters. The zero-order valence-corrected chi connectivity index (χ0v) is 8.68.